The Morgan fingerprint density at radius 2 is 1.66 bits per heavy atom. The summed E-state index contributed by atoms with van der Waals surface area (Å²) in [6.07, 6.45) is 2.40. The van der Waals surface area contributed by atoms with Crippen molar-refractivity contribution in [2.24, 2.45) is 0 Å². The molecule has 0 bridgehead atoms. The SMILES string of the molecule is O=C1C(=O)N(CCc2c[nH]c3ccccc23)[C@H](c2ccc(Cl)cc2Cl)C1=C(O)c1ccc(Cl)cc1. The molecule has 176 valence electrons. The number of likely N-dealkylation sites (tertiary alicyclic amines) is 1. The molecule has 1 atom stereocenters. The largest absolute Gasteiger partial charge is 0.507 e. The van der Waals surface area contributed by atoms with Crippen molar-refractivity contribution in [3.8, 4) is 0 Å². The Morgan fingerprint density at radius 3 is 2.40 bits per heavy atom. The van der Waals surface area contributed by atoms with Gasteiger partial charge in [-0.2, -0.15) is 0 Å². The van der Waals surface area contributed by atoms with Crippen molar-refractivity contribution in [3.05, 3.63) is 110 Å². The van der Waals surface area contributed by atoms with Crippen LogP contribution in [0.5, 0.6) is 0 Å². The molecule has 4 aromatic rings. The van der Waals surface area contributed by atoms with Gasteiger partial charge in [-0.3, -0.25) is 9.59 Å². The number of aromatic nitrogens is 1. The molecular weight excluding hydrogens is 507 g/mol. The maximum Gasteiger partial charge on any atom is 0.295 e. The highest BCUT2D eigenvalue weighted by molar-refractivity contribution is 6.47. The van der Waals surface area contributed by atoms with Gasteiger partial charge >= 0.3 is 0 Å². The van der Waals surface area contributed by atoms with E-state index in [-0.39, 0.29) is 17.9 Å². The second kappa shape index (κ2) is 9.42. The van der Waals surface area contributed by atoms with Crippen LogP contribution in [0.3, 0.4) is 0 Å². The highest BCUT2D eigenvalue weighted by atomic mass is 35.5. The van der Waals surface area contributed by atoms with Crippen LogP contribution in [0, 0.1) is 0 Å². The molecule has 1 aromatic heterocycles. The number of nitrogens with zero attached hydrogens (tertiary/aromatic N) is 1. The van der Waals surface area contributed by atoms with E-state index in [9.17, 15) is 14.7 Å². The first-order chi connectivity index (χ1) is 16.8. The van der Waals surface area contributed by atoms with Gasteiger partial charge in [0.05, 0.1) is 11.6 Å². The smallest absolute Gasteiger partial charge is 0.295 e. The number of aliphatic hydroxyl groups excluding tert-OH is 1. The fourth-order valence-corrected chi connectivity index (χ4v) is 5.14. The zero-order valence-corrected chi connectivity index (χ0v) is 20.5. The molecule has 1 aliphatic rings. The van der Waals surface area contributed by atoms with Crippen LogP contribution in [0.15, 0.2) is 78.5 Å². The van der Waals surface area contributed by atoms with Crippen molar-refractivity contribution in [1.29, 1.82) is 0 Å². The van der Waals surface area contributed by atoms with Gasteiger partial charge in [-0.25, -0.2) is 0 Å². The fraction of sp³-hybridized carbons (Fsp3) is 0.111. The highest BCUT2D eigenvalue weighted by Crippen LogP contribution is 2.42. The van der Waals surface area contributed by atoms with E-state index in [4.69, 9.17) is 34.8 Å². The predicted octanol–water partition coefficient (Wildman–Crippen LogP) is 6.79. The Kier molecular flexibility index (Phi) is 6.32. The van der Waals surface area contributed by atoms with Crippen molar-refractivity contribution in [2.75, 3.05) is 6.54 Å². The number of fused-ring (bicyclic) bond motifs is 1. The van der Waals surface area contributed by atoms with Crippen LogP contribution >= 0.6 is 34.8 Å². The van der Waals surface area contributed by atoms with Gasteiger partial charge in [0.1, 0.15) is 5.76 Å². The summed E-state index contributed by atoms with van der Waals surface area (Å²) in [5.74, 6) is -1.76. The number of nitrogens with one attached hydrogen (secondary N) is 1. The normalized spacial score (nSPS) is 17.5. The summed E-state index contributed by atoms with van der Waals surface area (Å²) in [7, 11) is 0. The number of para-hydroxylation sites is 1. The van der Waals surface area contributed by atoms with Gasteiger partial charge in [-0.15, -0.1) is 0 Å². The van der Waals surface area contributed by atoms with E-state index in [0.29, 0.717) is 32.6 Å². The fourth-order valence-electron chi connectivity index (χ4n) is 4.50. The van der Waals surface area contributed by atoms with Crippen LogP contribution in [0.25, 0.3) is 16.7 Å². The van der Waals surface area contributed by atoms with Crippen LogP contribution in [0.2, 0.25) is 15.1 Å². The molecule has 35 heavy (non-hydrogen) atoms. The minimum absolute atomic E-state index is 0.0273. The Bertz CT molecular complexity index is 1490. The number of ketones is 1. The number of amides is 1. The van der Waals surface area contributed by atoms with Crippen molar-refractivity contribution >= 4 is 63.2 Å². The van der Waals surface area contributed by atoms with Crippen LogP contribution < -0.4 is 0 Å². The molecule has 8 heteroatoms. The third-order valence-electron chi connectivity index (χ3n) is 6.21. The molecule has 5 nitrogen and oxygen atoms in total. The highest BCUT2D eigenvalue weighted by Gasteiger charge is 2.46. The van der Waals surface area contributed by atoms with E-state index in [1.165, 1.54) is 4.90 Å². The zero-order chi connectivity index (χ0) is 24.7. The summed E-state index contributed by atoms with van der Waals surface area (Å²) in [6.45, 7) is 0.243. The van der Waals surface area contributed by atoms with Gasteiger partial charge in [0, 0.05) is 44.3 Å². The molecule has 1 aliphatic heterocycles. The van der Waals surface area contributed by atoms with Crippen molar-refractivity contribution in [2.45, 2.75) is 12.5 Å². The number of rotatable bonds is 5. The third-order valence-corrected chi connectivity index (χ3v) is 7.03. The Morgan fingerprint density at radius 1 is 0.943 bits per heavy atom. The predicted molar refractivity (Wildman–Crippen MR) is 139 cm³/mol. The zero-order valence-electron chi connectivity index (χ0n) is 18.3. The second-order valence-corrected chi connectivity index (χ2v) is 9.55. The lowest BCUT2D eigenvalue weighted by Gasteiger charge is -2.26. The first-order valence-electron chi connectivity index (χ1n) is 10.9. The number of Topliss-reactive ketones (excluding diaryl/α,β-unsaturated/α-hetero) is 1. The van der Waals surface area contributed by atoms with E-state index >= 15 is 0 Å². The summed E-state index contributed by atoms with van der Waals surface area (Å²) in [5, 5.41) is 13.4. The number of carbonyl (C=O) groups is 2. The molecule has 0 aliphatic carbocycles. The van der Waals surface area contributed by atoms with E-state index < -0.39 is 17.7 Å². The molecule has 0 spiro atoms. The van der Waals surface area contributed by atoms with Crippen molar-refractivity contribution in [3.63, 3.8) is 0 Å². The van der Waals surface area contributed by atoms with Crippen molar-refractivity contribution < 1.29 is 14.7 Å². The molecule has 0 radical (unpaired) electrons. The van der Waals surface area contributed by atoms with Crippen LogP contribution in [-0.2, 0) is 16.0 Å². The van der Waals surface area contributed by atoms with Gasteiger partial charge in [-0.05, 0) is 60.0 Å². The number of carbonyl (C=O) groups excluding carboxylic acids is 2. The average Bonchev–Trinajstić information content (AvgIpc) is 3.36. The molecule has 5 rings (SSSR count). The van der Waals surface area contributed by atoms with Crippen LogP contribution in [0.4, 0.5) is 0 Å². The first-order valence-corrected chi connectivity index (χ1v) is 12.0. The quantitative estimate of drug-likeness (QED) is 0.171. The molecular formula is C27H19Cl3N2O3. The lowest BCUT2D eigenvalue weighted by atomic mass is 9.95. The lowest BCUT2D eigenvalue weighted by Crippen LogP contribution is -2.31. The van der Waals surface area contributed by atoms with Gasteiger partial charge in [0.25, 0.3) is 11.7 Å². The molecule has 3 aromatic carbocycles. The number of H-pyrrole nitrogens is 1. The van der Waals surface area contributed by atoms with E-state index in [0.717, 1.165) is 16.5 Å². The monoisotopic (exact) mass is 524 g/mol. The Balaban J connectivity index is 1.59. The average molecular weight is 526 g/mol. The third kappa shape index (κ3) is 4.31. The van der Waals surface area contributed by atoms with E-state index in [1.807, 2.05) is 30.5 Å². The standard InChI is InChI=1S/C27H19Cl3N2O3/c28-17-7-5-15(6-8-17)25(33)23-24(20-10-9-18(29)13-21(20)30)32(27(35)26(23)34)12-11-16-14-31-22-4-2-1-3-19(16)22/h1-10,13-14,24,31,33H,11-12H2/t24-/m1/s1. The molecule has 2 N–H and O–H groups in total. The molecule has 0 unspecified atom stereocenters. The number of halogens is 3. The van der Waals surface area contributed by atoms with Gasteiger partial charge in [0.2, 0.25) is 0 Å². The lowest BCUT2D eigenvalue weighted by molar-refractivity contribution is -0.139. The van der Waals surface area contributed by atoms with E-state index in [2.05, 4.69) is 4.98 Å². The number of aromatic amines is 1. The summed E-state index contributed by atoms with van der Waals surface area (Å²) in [6, 6.07) is 18.3. The Labute approximate surface area is 216 Å². The minimum atomic E-state index is -0.874. The van der Waals surface area contributed by atoms with E-state index in [1.54, 1.807) is 42.5 Å². The summed E-state index contributed by atoms with van der Waals surface area (Å²) in [5.41, 5.74) is 2.86. The first kappa shape index (κ1) is 23.5. The number of hydrogen-bond donors (Lipinski definition) is 2. The number of aliphatic hydroxyl groups is 1. The van der Waals surface area contributed by atoms with Gasteiger partial charge < -0.3 is 15.0 Å². The number of benzene rings is 3. The minimum Gasteiger partial charge on any atom is -0.507 e. The number of hydrogen-bond acceptors (Lipinski definition) is 3. The summed E-state index contributed by atoms with van der Waals surface area (Å²) < 4.78 is 0. The molecule has 0 saturated carbocycles. The van der Waals surface area contributed by atoms with Gasteiger partial charge in [-0.1, -0.05) is 59.1 Å². The second-order valence-electron chi connectivity index (χ2n) is 8.27. The molecule has 2 heterocycles. The molecule has 1 saturated heterocycles. The summed E-state index contributed by atoms with van der Waals surface area (Å²) in [4.78, 5) is 31.1. The topological polar surface area (TPSA) is 73.4 Å². The van der Waals surface area contributed by atoms with Crippen LogP contribution in [-0.4, -0.2) is 33.2 Å². The maximum absolute atomic E-state index is 13.2. The Hall–Kier alpha value is -3.25. The summed E-state index contributed by atoms with van der Waals surface area (Å²) >= 11 is 18.6. The van der Waals surface area contributed by atoms with Crippen molar-refractivity contribution in [1.82, 2.24) is 9.88 Å². The van der Waals surface area contributed by atoms with Crippen LogP contribution in [0.1, 0.15) is 22.7 Å². The van der Waals surface area contributed by atoms with Gasteiger partial charge in [0.15, 0.2) is 0 Å². The maximum atomic E-state index is 13.2. The molecule has 1 fully saturated rings. The molecule has 1 amide bonds.